The van der Waals surface area contributed by atoms with Crippen LogP contribution in [-0.4, -0.2) is 53.6 Å². The molecule has 21 heavy (non-hydrogen) atoms. The van der Waals surface area contributed by atoms with E-state index in [0.29, 0.717) is 18.9 Å². The lowest BCUT2D eigenvalue weighted by molar-refractivity contribution is -0.146. The first kappa shape index (κ1) is 17.2. The van der Waals surface area contributed by atoms with Crippen LogP contribution >= 0.6 is 0 Å². The SMILES string of the molecule is C=CCNC(=O)NC(=O)CN1CCC(CC)CC1C(=O)O. The first-order chi connectivity index (χ1) is 9.97. The Morgan fingerprint density at radius 1 is 1.43 bits per heavy atom. The number of nitrogens with one attached hydrogen (secondary N) is 2. The van der Waals surface area contributed by atoms with Gasteiger partial charge in [0.1, 0.15) is 6.04 Å². The molecule has 3 amide bonds. The Morgan fingerprint density at radius 2 is 2.14 bits per heavy atom. The van der Waals surface area contributed by atoms with Crippen molar-refractivity contribution in [2.24, 2.45) is 5.92 Å². The molecule has 2 unspecified atom stereocenters. The summed E-state index contributed by atoms with van der Waals surface area (Å²) in [5.74, 6) is -1.05. The highest BCUT2D eigenvalue weighted by Gasteiger charge is 2.33. The molecule has 0 aromatic rings. The van der Waals surface area contributed by atoms with Crippen molar-refractivity contribution in [1.29, 1.82) is 0 Å². The highest BCUT2D eigenvalue weighted by Crippen LogP contribution is 2.25. The summed E-state index contributed by atoms with van der Waals surface area (Å²) in [5.41, 5.74) is 0. The quantitative estimate of drug-likeness (QED) is 0.623. The molecule has 1 heterocycles. The van der Waals surface area contributed by atoms with Gasteiger partial charge in [0.05, 0.1) is 6.54 Å². The van der Waals surface area contributed by atoms with E-state index in [1.165, 1.54) is 6.08 Å². The molecular formula is C14H23N3O4. The number of amides is 3. The molecule has 1 fully saturated rings. The van der Waals surface area contributed by atoms with Gasteiger partial charge in [-0.05, 0) is 25.3 Å². The van der Waals surface area contributed by atoms with Gasteiger partial charge in [0.15, 0.2) is 0 Å². The predicted molar refractivity (Wildman–Crippen MR) is 77.8 cm³/mol. The maximum Gasteiger partial charge on any atom is 0.321 e. The normalized spacial score (nSPS) is 22.3. The van der Waals surface area contributed by atoms with Crippen molar-refractivity contribution in [2.45, 2.75) is 32.2 Å². The summed E-state index contributed by atoms with van der Waals surface area (Å²) in [7, 11) is 0. The second-order valence-electron chi connectivity index (χ2n) is 5.17. The van der Waals surface area contributed by atoms with Crippen LogP contribution in [0.3, 0.4) is 0 Å². The highest BCUT2D eigenvalue weighted by atomic mass is 16.4. The zero-order valence-corrected chi connectivity index (χ0v) is 12.3. The number of carbonyl (C=O) groups is 3. The van der Waals surface area contributed by atoms with Crippen molar-refractivity contribution in [1.82, 2.24) is 15.5 Å². The fourth-order valence-electron chi connectivity index (χ4n) is 2.46. The van der Waals surface area contributed by atoms with Crippen molar-refractivity contribution in [3.8, 4) is 0 Å². The van der Waals surface area contributed by atoms with E-state index in [0.717, 1.165) is 12.8 Å². The van der Waals surface area contributed by atoms with Gasteiger partial charge in [-0.3, -0.25) is 19.8 Å². The monoisotopic (exact) mass is 297 g/mol. The Kier molecular flexibility index (Phi) is 6.87. The minimum absolute atomic E-state index is 0.0884. The van der Waals surface area contributed by atoms with Gasteiger partial charge >= 0.3 is 12.0 Å². The van der Waals surface area contributed by atoms with E-state index in [9.17, 15) is 19.5 Å². The molecule has 1 saturated heterocycles. The molecule has 0 aliphatic carbocycles. The van der Waals surface area contributed by atoms with E-state index in [-0.39, 0.29) is 13.1 Å². The minimum Gasteiger partial charge on any atom is -0.480 e. The smallest absolute Gasteiger partial charge is 0.321 e. The third kappa shape index (κ3) is 5.55. The van der Waals surface area contributed by atoms with E-state index >= 15 is 0 Å². The Balaban J connectivity index is 2.51. The summed E-state index contributed by atoms with van der Waals surface area (Å²) >= 11 is 0. The molecule has 2 atom stereocenters. The van der Waals surface area contributed by atoms with Crippen LogP contribution in [0.1, 0.15) is 26.2 Å². The Labute approximate surface area is 124 Å². The van der Waals surface area contributed by atoms with Gasteiger partial charge in [-0.1, -0.05) is 19.4 Å². The first-order valence-electron chi connectivity index (χ1n) is 7.13. The van der Waals surface area contributed by atoms with Crippen LogP contribution in [-0.2, 0) is 9.59 Å². The molecule has 118 valence electrons. The second kappa shape index (κ2) is 8.41. The lowest BCUT2D eigenvalue weighted by atomic mass is 9.89. The summed E-state index contributed by atoms with van der Waals surface area (Å²) < 4.78 is 0. The number of piperidine rings is 1. The largest absolute Gasteiger partial charge is 0.480 e. The van der Waals surface area contributed by atoms with Crippen LogP contribution in [0.25, 0.3) is 0 Å². The van der Waals surface area contributed by atoms with Crippen LogP contribution in [0.15, 0.2) is 12.7 Å². The number of carboxylic acids is 1. The van der Waals surface area contributed by atoms with Gasteiger partial charge in [0.25, 0.3) is 0 Å². The number of carboxylic acid groups (broad SMARTS) is 1. The molecule has 1 rings (SSSR count). The van der Waals surface area contributed by atoms with Crippen LogP contribution in [0.2, 0.25) is 0 Å². The zero-order chi connectivity index (χ0) is 15.8. The van der Waals surface area contributed by atoms with Crippen LogP contribution in [0, 0.1) is 5.92 Å². The highest BCUT2D eigenvalue weighted by molar-refractivity contribution is 5.95. The Bertz CT molecular complexity index is 411. The number of carbonyl (C=O) groups excluding carboxylic acids is 2. The van der Waals surface area contributed by atoms with Crippen LogP contribution in [0.5, 0.6) is 0 Å². The number of hydrogen-bond donors (Lipinski definition) is 3. The van der Waals surface area contributed by atoms with Crippen molar-refractivity contribution in [3.05, 3.63) is 12.7 Å². The third-order valence-corrected chi connectivity index (χ3v) is 3.69. The van der Waals surface area contributed by atoms with Crippen molar-refractivity contribution in [3.63, 3.8) is 0 Å². The average Bonchev–Trinajstić information content (AvgIpc) is 2.45. The number of aliphatic carboxylic acids is 1. The summed E-state index contributed by atoms with van der Waals surface area (Å²) in [6, 6.07) is -1.26. The van der Waals surface area contributed by atoms with Gasteiger partial charge in [0, 0.05) is 6.54 Å². The predicted octanol–water partition coefficient (Wildman–Crippen LogP) is 0.573. The number of likely N-dealkylation sites (tertiary alicyclic amines) is 1. The number of rotatable bonds is 6. The molecule has 1 aliphatic rings. The van der Waals surface area contributed by atoms with Crippen molar-refractivity contribution < 1.29 is 19.5 Å². The lowest BCUT2D eigenvalue weighted by Crippen LogP contribution is -2.52. The Hall–Kier alpha value is -1.89. The van der Waals surface area contributed by atoms with Crippen LogP contribution < -0.4 is 10.6 Å². The summed E-state index contributed by atoms with van der Waals surface area (Å²) in [6.07, 6.45) is 3.85. The third-order valence-electron chi connectivity index (χ3n) is 3.69. The van der Waals surface area contributed by atoms with Crippen molar-refractivity contribution in [2.75, 3.05) is 19.6 Å². The number of hydrogen-bond acceptors (Lipinski definition) is 4. The van der Waals surface area contributed by atoms with E-state index in [1.54, 1.807) is 4.90 Å². The van der Waals surface area contributed by atoms with E-state index in [1.807, 2.05) is 6.92 Å². The van der Waals surface area contributed by atoms with Gasteiger partial charge in [-0.25, -0.2) is 4.79 Å². The van der Waals surface area contributed by atoms with Gasteiger partial charge < -0.3 is 10.4 Å². The van der Waals surface area contributed by atoms with Gasteiger partial charge in [-0.15, -0.1) is 6.58 Å². The Morgan fingerprint density at radius 3 is 2.71 bits per heavy atom. The molecule has 7 heteroatoms. The standard InChI is InChI=1S/C14H23N3O4/c1-3-6-15-14(21)16-12(18)9-17-7-5-10(4-2)8-11(17)13(19)20/h3,10-11H,1,4-9H2,2H3,(H,19,20)(H2,15,16,18,21). The minimum atomic E-state index is -0.919. The molecule has 3 N–H and O–H groups in total. The molecular weight excluding hydrogens is 274 g/mol. The van der Waals surface area contributed by atoms with E-state index < -0.39 is 23.9 Å². The molecule has 7 nitrogen and oxygen atoms in total. The molecule has 0 radical (unpaired) electrons. The molecule has 1 aliphatic heterocycles. The molecule has 0 spiro atoms. The maximum atomic E-state index is 11.8. The zero-order valence-electron chi connectivity index (χ0n) is 12.3. The average molecular weight is 297 g/mol. The lowest BCUT2D eigenvalue weighted by Gasteiger charge is -2.36. The number of nitrogens with zero attached hydrogens (tertiary/aromatic N) is 1. The molecule has 0 aromatic heterocycles. The second-order valence-corrected chi connectivity index (χ2v) is 5.17. The summed E-state index contributed by atoms with van der Waals surface area (Å²) in [6.45, 7) is 6.21. The van der Waals surface area contributed by atoms with Crippen molar-refractivity contribution >= 4 is 17.9 Å². The number of urea groups is 1. The summed E-state index contributed by atoms with van der Waals surface area (Å²) in [5, 5.41) is 13.9. The fraction of sp³-hybridized carbons (Fsp3) is 0.643. The first-order valence-corrected chi connectivity index (χ1v) is 7.13. The van der Waals surface area contributed by atoms with E-state index in [2.05, 4.69) is 17.2 Å². The molecule has 0 saturated carbocycles. The van der Waals surface area contributed by atoms with E-state index in [4.69, 9.17) is 0 Å². The van der Waals surface area contributed by atoms with Gasteiger partial charge in [-0.2, -0.15) is 0 Å². The van der Waals surface area contributed by atoms with Crippen LogP contribution in [0.4, 0.5) is 4.79 Å². The van der Waals surface area contributed by atoms with Gasteiger partial charge in [0.2, 0.25) is 5.91 Å². The summed E-state index contributed by atoms with van der Waals surface area (Å²) in [4.78, 5) is 36.0. The molecule has 0 aromatic carbocycles. The molecule has 0 bridgehead atoms. The maximum absolute atomic E-state index is 11.8. The topological polar surface area (TPSA) is 98.7 Å². The fourth-order valence-corrected chi connectivity index (χ4v) is 2.46. The number of imide groups is 1.